The standard InChI is InChI=1S/C18H22F2N4S/c19-14-5-6-16(20)17(9-14)23-18(21)22-10-13-3-1-7-24(11-13)12-15-4-2-8-25-15/h2,4-6,8-9,13H,1,3,7,10-12H2,(H3,21,22,23). The van der Waals surface area contributed by atoms with Crippen LogP contribution in [0.1, 0.15) is 17.7 Å². The fourth-order valence-electron chi connectivity index (χ4n) is 3.07. The van der Waals surface area contributed by atoms with Crippen molar-refractivity contribution in [2.24, 2.45) is 16.6 Å². The molecule has 1 unspecified atom stereocenters. The lowest BCUT2D eigenvalue weighted by Gasteiger charge is -2.31. The Balaban J connectivity index is 1.52. The van der Waals surface area contributed by atoms with E-state index in [1.54, 1.807) is 11.3 Å². The van der Waals surface area contributed by atoms with Gasteiger partial charge in [-0.15, -0.1) is 11.3 Å². The highest BCUT2D eigenvalue weighted by Crippen LogP contribution is 2.21. The largest absolute Gasteiger partial charge is 0.370 e. The second-order valence-corrected chi connectivity index (χ2v) is 7.33. The molecule has 0 bridgehead atoms. The molecule has 1 aromatic carbocycles. The van der Waals surface area contributed by atoms with Crippen LogP contribution in [0.5, 0.6) is 0 Å². The number of guanidine groups is 1. The lowest BCUT2D eigenvalue weighted by molar-refractivity contribution is 0.172. The van der Waals surface area contributed by atoms with E-state index in [0.717, 1.165) is 50.7 Å². The van der Waals surface area contributed by atoms with Crippen molar-refractivity contribution < 1.29 is 8.78 Å². The second kappa shape index (κ2) is 8.40. The number of hydrogen-bond acceptors (Lipinski definition) is 3. The maximum absolute atomic E-state index is 13.6. The Morgan fingerprint density at radius 2 is 2.24 bits per heavy atom. The number of rotatable bonds is 5. The summed E-state index contributed by atoms with van der Waals surface area (Å²) < 4.78 is 26.8. The molecule has 0 spiro atoms. The van der Waals surface area contributed by atoms with E-state index in [1.165, 1.54) is 4.88 Å². The van der Waals surface area contributed by atoms with E-state index in [9.17, 15) is 8.78 Å². The van der Waals surface area contributed by atoms with Gasteiger partial charge in [-0.2, -0.15) is 0 Å². The summed E-state index contributed by atoms with van der Waals surface area (Å²) in [6.45, 7) is 3.63. The van der Waals surface area contributed by atoms with E-state index in [-0.39, 0.29) is 11.6 Å². The van der Waals surface area contributed by atoms with E-state index in [1.807, 2.05) is 0 Å². The molecule has 1 saturated heterocycles. The van der Waals surface area contributed by atoms with Gasteiger partial charge in [-0.3, -0.25) is 9.89 Å². The molecule has 2 aromatic rings. The Morgan fingerprint density at radius 3 is 3.04 bits per heavy atom. The molecule has 134 valence electrons. The molecular weight excluding hydrogens is 342 g/mol. The van der Waals surface area contributed by atoms with Gasteiger partial charge in [0, 0.05) is 30.6 Å². The summed E-state index contributed by atoms with van der Waals surface area (Å²) in [5, 5.41) is 4.74. The van der Waals surface area contributed by atoms with Crippen molar-refractivity contribution in [2.75, 3.05) is 25.0 Å². The molecule has 1 fully saturated rings. The summed E-state index contributed by atoms with van der Waals surface area (Å²) >= 11 is 1.77. The first-order chi connectivity index (χ1) is 12.1. The van der Waals surface area contributed by atoms with Crippen LogP contribution in [0, 0.1) is 17.6 Å². The smallest absolute Gasteiger partial charge is 0.193 e. The van der Waals surface area contributed by atoms with Crippen molar-refractivity contribution in [2.45, 2.75) is 19.4 Å². The van der Waals surface area contributed by atoms with Gasteiger partial charge in [0.05, 0.1) is 5.69 Å². The van der Waals surface area contributed by atoms with Gasteiger partial charge in [-0.25, -0.2) is 8.78 Å². The van der Waals surface area contributed by atoms with Crippen molar-refractivity contribution in [3.8, 4) is 0 Å². The van der Waals surface area contributed by atoms with Crippen LogP contribution in [0.25, 0.3) is 0 Å². The minimum atomic E-state index is -0.556. The first kappa shape index (κ1) is 17.8. The topological polar surface area (TPSA) is 53.6 Å². The van der Waals surface area contributed by atoms with Gasteiger partial charge in [0.2, 0.25) is 0 Å². The molecule has 3 rings (SSSR count). The number of aliphatic imine (C=N–C) groups is 1. The summed E-state index contributed by atoms with van der Waals surface area (Å²) in [5.74, 6) is -0.543. The monoisotopic (exact) mass is 364 g/mol. The Labute approximate surface area is 150 Å². The summed E-state index contributed by atoms with van der Waals surface area (Å²) in [4.78, 5) is 8.12. The Bertz CT molecular complexity index is 718. The number of nitrogens with zero attached hydrogens (tertiary/aromatic N) is 2. The predicted molar refractivity (Wildman–Crippen MR) is 98.8 cm³/mol. The fraction of sp³-hybridized carbons (Fsp3) is 0.389. The number of nitrogens with one attached hydrogen (secondary N) is 1. The van der Waals surface area contributed by atoms with Gasteiger partial charge < -0.3 is 11.1 Å². The van der Waals surface area contributed by atoms with E-state index in [2.05, 4.69) is 32.7 Å². The lowest BCUT2D eigenvalue weighted by atomic mass is 9.98. The van der Waals surface area contributed by atoms with E-state index in [0.29, 0.717) is 12.5 Å². The molecule has 0 aliphatic carbocycles. The number of nitrogens with two attached hydrogens (primary N) is 1. The van der Waals surface area contributed by atoms with Gasteiger partial charge in [-0.05, 0) is 48.9 Å². The zero-order chi connectivity index (χ0) is 17.6. The Kier molecular flexibility index (Phi) is 5.99. The molecule has 0 saturated carbocycles. The van der Waals surface area contributed by atoms with Crippen LogP contribution < -0.4 is 11.1 Å². The van der Waals surface area contributed by atoms with Crippen LogP contribution in [0.3, 0.4) is 0 Å². The highest BCUT2D eigenvalue weighted by molar-refractivity contribution is 7.09. The summed E-state index contributed by atoms with van der Waals surface area (Å²) in [7, 11) is 0. The van der Waals surface area contributed by atoms with Gasteiger partial charge >= 0.3 is 0 Å². The number of anilines is 1. The number of thiophene rings is 1. The molecule has 3 N–H and O–H groups in total. The van der Waals surface area contributed by atoms with Gasteiger partial charge in [0.25, 0.3) is 0 Å². The minimum Gasteiger partial charge on any atom is -0.370 e. The third-order valence-electron chi connectivity index (χ3n) is 4.27. The van der Waals surface area contributed by atoms with Gasteiger partial charge in [0.15, 0.2) is 5.96 Å². The van der Waals surface area contributed by atoms with Gasteiger partial charge in [-0.1, -0.05) is 6.07 Å². The van der Waals surface area contributed by atoms with Crippen LogP contribution in [-0.2, 0) is 6.54 Å². The maximum atomic E-state index is 13.6. The molecule has 0 amide bonds. The number of benzene rings is 1. The zero-order valence-electron chi connectivity index (χ0n) is 13.9. The van der Waals surface area contributed by atoms with Crippen LogP contribution in [0.4, 0.5) is 14.5 Å². The van der Waals surface area contributed by atoms with E-state index < -0.39 is 11.6 Å². The molecule has 1 aliphatic heterocycles. The molecule has 1 aliphatic rings. The van der Waals surface area contributed by atoms with Crippen LogP contribution in [0.15, 0.2) is 40.7 Å². The van der Waals surface area contributed by atoms with Crippen LogP contribution in [-0.4, -0.2) is 30.5 Å². The fourth-order valence-corrected chi connectivity index (χ4v) is 3.81. The highest BCUT2D eigenvalue weighted by Gasteiger charge is 2.20. The minimum absolute atomic E-state index is 0.00390. The molecule has 1 aromatic heterocycles. The number of hydrogen-bond donors (Lipinski definition) is 2. The van der Waals surface area contributed by atoms with Crippen molar-refractivity contribution in [3.05, 3.63) is 52.2 Å². The lowest BCUT2D eigenvalue weighted by Crippen LogP contribution is -2.36. The summed E-state index contributed by atoms with van der Waals surface area (Å²) in [5.41, 5.74) is 5.83. The molecule has 7 heteroatoms. The summed E-state index contributed by atoms with van der Waals surface area (Å²) in [6, 6.07) is 7.43. The third kappa shape index (κ3) is 5.24. The highest BCUT2D eigenvalue weighted by atomic mass is 32.1. The number of piperidine rings is 1. The van der Waals surface area contributed by atoms with Crippen LogP contribution >= 0.6 is 11.3 Å². The number of halogens is 2. The molecule has 2 heterocycles. The second-order valence-electron chi connectivity index (χ2n) is 6.30. The predicted octanol–water partition coefficient (Wildman–Crippen LogP) is 3.67. The third-order valence-corrected chi connectivity index (χ3v) is 5.13. The Hall–Kier alpha value is -1.99. The van der Waals surface area contributed by atoms with E-state index in [4.69, 9.17) is 5.73 Å². The zero-order valence-corrected chi connectivity index (χ0v) is 14.7. The number of likely N-dealkylation sites (tertiary alicyclic amines) is 1. The molecular formula is C18H22F2N4S. The van der Waals surface area contributed by atoms with Gasteiger partial charge in [0.1, 0.15) is 11.6 Å². The quantitative estimate of drug-likeness (QED) is 0.629. The first-order valence-electron chi connectivity index (χ1n) is 8.37. The molecule has 1 atom stereocenters. The Morgan fingerprint density at radius 1 is 1.36 bits per heavy atom. The van der Waals surface area contributed by atoms with Crippen molar-refractivity contribution in [3.63, 3.8) is 0 Å². The summed E-state index contributed by atoms with van der Waals surface area (Å²) in [6.07, 6.45) is 2.24. The van der Waals surface area contributed by atoms with Crippen LogP contribution in [0.2, 0.25) is 0 Å². The normalized spacial score (nSPS) is 19.1. The van der Waals surface area contributed by atoms with Crippen molar-refractivity contribution >= 4 is 23.0 Å². The van der Waals surface area contributed by atoms with E-state index >= 15 is 0 Å². The molecule has 25 heavy (non-hydrogen) atoms. The average molecular weight is 364 g/mol. The SMILES string of the molecule is NC(=NCC1CCCN(Cc2cccs2)C1)Nc1cc(F)ccc1F. The molecule has 4 nitrogen and oxygen atoms in total. The average Bonchev–Trinajstić information content (AvgIpc) is 3.10. The first-order valence-corrected chi connectivity index (χ1v) is 9.25. The van der Waals surface area contributed by atoms with Crippen molar-refractivity contribution in [1.82, 2.24) is 4.90 Å². The van der Waals surface area contributed by atoms with Crippen molar-refractivity contribution in [1.29, 1.82) is 0 Å². The maximum Gasteiger partial charge on any atom is 0.193 e. The molecule has 0 radical (unpaired) electrons.